The fourth-order valence-electron chi connectivity index (χ4n) is 1.94. The highest BCUT2D eigenvalue weighted by molar-refractivity contribution is 7.86. The molecule has 7 heteroatoms. The summed E-state index contributed by atoms with van der Waals surface area (Å²) in [7, 11) is -4.41. The first-order valence-electron chi connectivity index (χ1n) is 7.56. The lowest BCUT2D eigenvalue weighted by Gasteiger charge is -2.09. The minimum absolute atomic E-state index is 0.233. The predicted molar refractivity (Wildman–Crippen MR) is 94.0 cm³/mol. The van der Waals surface area contributed by atoms with Crippen LogP contribution in [0.25, 0.3) is 6.08 Å². The van der Waals surface area contributed by atoms with Gasteiger partial charge in [0, 0.05) is 0 Å². The number of aryl methyl sites for hydroxylation is 1. The molecule has 0 saturated carbocycles. The van der Waals surface area contributed by atoms with Crippen LogP contribution in [-0.2, 0) is 19.1 Å². The molecule has 2 aromatic rings. The van der Waals surface area contributed by atoms with Gasteiger partial charge < -0.3 is 4.18 Å². The summed E-state index contributed by atoms with van der Waals surface area (Å²) in [6.45, 7) is 1.76. The molecule has 0 aliphatic heterocycles. The molecule has 0 amide bonds. The fraction of sp³-hybridized carbons (Fsp3) is 0.105. The van der Waals surface area contributed by atoms with Crippen molar-refractivity contribution in [1.82, 2.24) is 0 Å². The lowest BCUT2D eigenvalue weighted by molar-refractivity contribution is -0.127. The Hall–Kier alpha value is -2.80. The van der Waals surface area contributed by atoms with Crippen molar-refractivity contribution in [3.63, 3.8) is 0 Å². The Balaban J connectivity index is 2.30. The van der Waals surface area contributed by atoms with E-state index in [2.05, 4.69) is 4.18 Å². The van der Waals surface area contributed by atoms with E-state index in [0.717, 1.165) is 17.2 Å². The van der Waals surface area contributed by atoms with Crippen LogP contribution >= 0.6 is 0 Å². The molecule has 2 rings (SSSR count). The summed E-state index contributed by atoms with van der Waals surface area (Å²) in [4.78, 5) is 11.4. The molecule has 0 bridgehead atoms. The molecule has 26 heavy (non-hydrogen) atoms. The fourth-order valence-corrected chi connectivity index (χ4v) is 2.88. The lowest BCUT2D eigenvalue weighted by atomic mass is 10.2. The standard InChI is InChI=1S/C19H16F2O4S/c1-14-10-12-16(13-11-14)26(23,24)25-17(18(22)19(20)21)9-5-8-15-6-3-2-4-7-15/h2-13,19H,1H3/b8-5+,17-9-. The number of carbonyl (C=O) groups is 1. The SMILES string of the molecule is Cc1ccc(S(=O)(=O)O/C(=C\C=C\c2ccccc2)C(=O)C(F)F)cc1. The number of allylic oxidation sites excluding steroid dienone is 3. The molecule has 0 heterocycles. The summed E-state index contributed by atoms with van der Waals surface area (Å²) in [5, 5.41) is 0. The van der Waals surface area contributed by atoms with E-state index in [1.165, 1.54) is 36.4 Å². The molecule has 2 aromatic carbocycles. The largest absolute Gasteiger partial charge is 0.375 e. The van der Waals surface area contributed by atoms with Crippen LogP contribution in [0.1, 0.15) is 11.1 Å². The van der Waals surface area contributed by atoms with Crippen molar-refractivity contribution in [2.45, 2.75) is 18.2 Å². The number of benzene rings is 2. The van der Waals surface area contributed by atoms with Gasteiger partial charge in [0.25, 0.3) is 5.78 Å². The Morgan fingerprint density at radius 1 is 1.04 bits per heavy atom. The Morgan fingerprint density at radius 2 is 1.65 bits per heavy atom. The molecule has 0 saturated heterocycles. The Morgan fingerprint density at radius 3 is 2.23 bits per heavy atom. The van der Waals surface area contributed by atoms with E-state index in [1.807, 2.05) is 0 Å². The van der Waals surface area contributed by atoms with Gasteiger partial charge in [-0.05, 0) is 30.7 Å². The van der Waals surface area contributed by atoms with Crippen LogP contribution in [0.4, 0.5) is 8.78 Å². The highest BCUT2D eigenvalue weighted by Crippen LogP contribution is 2.19. The molecule has 0 radical (unpaired) electrons. The summed E-state index contributed by atoms with van der Waals surface area (Å²) in [5.74, 6) is -2.66. The van der Waals surface area contributed by atoms with E-state index in [1.54, 1.807) is 37.3 Å². The van der Waals surface area contributed by atoms with E-state index in [9.17, 15) is 22.0 Å². The smallest absolute Gasteiger partial charge is 0.339 e. The van der Waals surface area contributed by atoms with Crippen molar-refractivity contribution in [2.24, 2.45) is 0 Å². The number of carbonyl (C=O) groups excluding carboxylic acids is 1. The van der Waals surface area contributed by atoms with Gasteiger partial charge in [0.05, 0.1) is 0 Å². The highest BCUT2D eigenvalue weighted by Gasteiger charge is 2.27. The predicted octanol–water partition coefficient (Wildman–Crippen LogP) is 4.13. The highest BCUT2D eigenvalue weighted by atomic mass is 32.2. The van der Waals surface area contributed by atoms with E-state index >= 15 is 0 Å². The second-order valence-corrected chi connectivity index (χ2v) is 6.86. The Labute approximate surface area is 150 Å². The lowest BCUT2D eigenvalue weighted by Crippen LogP contribution is -2.18. The average molecular weight is 378 g/mol. The van der Waals surface area contributed by atoms with Crippen molar-refractivity contribution in [1.29, 1.82) is 0 Å². The normalized spacial score (nSPS) is 12.5. The van der Waals surface area contributed by atoms with Crippen LogP contribution in [0.5, 0.6) is 0 Å². The maximum atomic E-state index is 12.8. The van der Waals surface area contributed by atoms with Crippen molar-refractivity contribution in [3.8, 4) is 0 Å². The molecule has 4 nitrogen and oxygen atoms in total. The van der Waals surface area contributed by atoms with Crippen LogP contribution in [-0.4, -0.2) is 20.6 Å². The van der Waals surface area contributed by atoms with Gasteiger partial charge in [-0.2, -0.15) is 8.42 Å². The van der Waals surface area contributed by atoms with Crippen LogP contribution in [0, 0.1) is 6.92 Å². The van der Waals surface area contributed by atoms with Gasteiger partial charge in [-0.3, -0.25) is 4.79 Å². The summed E-state index contributed by atoms with van der Waals surface area (Å²) < 4.78 is 54.7. The van der Waals surface area contributed by atoms with Crippen molar-refractivity contribution < 1.29 is 26.2 Å². The van der Waals surface area contributed by atoms with Crippen LogP contribution in [0.2, 0.25) is 0 Å². The zero-order chi connectivity index (χ0) is 19.2. The minimum Gasteiger partial charge on any atom is -0.375 e. The molecular weight excluding hydrogens is 362 g/mol. The second kappa shape index (κ2) is 8.53. The third kappa shape index (κ3) is 5.35. The second-order valence-electron chi connectivity index (χ2n) is 5.32. The first-order chi connectivity index (χ1) is 12.3. The van der Waals surface area contributed by atoms with Crippen LogP contribution in [0.15, 0.2) is 77.4 Å². The van der Waals surface area contributed by atoms with Gasteiger partial charge in [-0.1, -0.05) is 60.2 Å². The van der Waals surface area contributed by atoms with E-state index in [0.29, 0.717) is 0 Å². The quantitative estimate of drug-likeness (QED) is 0.315. The monoisotopic (exact) mass is 378 g/mol. The molecule has 0 unspecified atom stereocenters. The number of Topliss-reactive ketones (excluding diaryl/α,β-unsaturated/α-hetero) is 1. The molecule has 0 spiro atoms. The van der Waals surface area contributed by atoms with Gasteiger partial charge in [0.2, 0.25) is 0 Å². The van der Waals surface area contributed by atoms with Gasteiger partial charge in [-0.25, -0.2) is 8.78 Å². The van der Waals surface area contributed by atoms with Crippen molar-refractivity contribution in [3.05, 3.63) is 83.6 Å². The zero-order valence-corrected chi connectivity index (χ0v) is 14.6. The van der Waals surface area contributed by atoms with Crippen LogP contribution in [0.3, 0.4) is 0 Å². The molecular formula is C19H16F2O4S. The molecule has 136 valence electrons. The third-order valence-corrected chi connectivity index (χ3v) is 4.53. The molecule has 0 N–H and O–H groups in total. The number of hydrogen-bond acceptors (Lipinski definition) is 4. The zero-order valence-electron chi connectivity index (χ0n) is 13.8. The van der Waals surface area contributed by atoms with Crippen LogP contribution < -0.4 is 0 Å². The maximum Gasteiger partial charge on any atom is 0.339 e. The topological polar surface area (TPSA) is 60.4 Å². The number of alkyl halides is 2. The van der Waals surface area contributed by atoms with Crippen molar-refractivity contribution >= 4 is 22.0 Å². The number of rotatable bonds is 7. The minimum atomic E-state index is -4.41. The number of hydrogen-bond donors (Lipinski definition) is 0. The average Bonchev–Trinajstić information content (AvgIpc) is 2.61. The summed E-state index contributed by atoms with van der Waals surface area (Å²) in [6.07, 6.45) is 0.322. The molecule has 0 aromatic heterocycles. The van der Waals surface area contributed by atoms with Gasteiger partial charge in [-0.15, -0.1) is 0 Å². The first-order valence-corrected chi connectivity index (χ1v) is 8.97. The Bertz CT molecular complexity index is 916. The maximum absolute atomic E-state index is 12.8. The van der Waals surface area contributed by atoms with E-state index in [-0.39, 0.29) is 4.90 Å². The molecule has 0 aliphatic rings. The van der Waals surface area contributed by atoms with Crippen molar-refractivity contribution in [2.75, 3.05) is 0 Å². The summed E-state index contributed by atoms with van der Waals surface area (Å²) in [5.41, 5.74) is 1.56. The molecule has 0 fully saturated rings. The first kappa shape index (κ1) is 19.5. The molecule has 0 atom stereocenters. The Kier molecular flexibility index (Phi) is 6.41. The van der Waals surface area contributed by atoms with Gasteiger partial charge in [0.15, 0.2) is 5.76 Å². The van der Waals surface area contributed by atoms with Gasteiger partial charge >= 0.3 is 16.5 Å². The molecule has 0 aliphatic carbocycles. The van der Waals surface area contributed by atoms with E-state index in [4.69, 9.17) is 0 Å². The number of ketones is 1. The summed E-state index contributed by atoms with van der Waals surface area (Å²) >= 11 is 0. The van der Waals surface area contributed by atoms with Gasteiger partial charge in [0.1, 0.15) is 4.90 Å². The third-order valence-electron chi connectivity index (χ3n) is 3.29. The summed E-state index contributed by atoms with van der Waals surface area (Å²) in [6, 6.07) is 14.5. The number of halogens is 2. The van der Waals surface area contributed by atoms with E-state index < -0.39 is 28.1 Å².